The van der Waals surface area contributed by atoms with Crippen molar-refractivity contribution in [3.05, 3.63) is 24.0 Å². The average molecular weight is 234 g/mol. The molecule has 94 valence electrons. The van der Waals surface area contributed by atoms with Gasteiger partial charge >= 0.3 is 0 Å². The predicted octanol–water partition coefficient (Wildman–Crippen LogP) is 2.82. The van der Waals surface area contributed by atoms with Crippen molar-refractivity contribution < 1.29 is 4.74 Å². The van der Waals surface area contributed by atoms with Crippen LogP contribution < -0.4 is 4.90 Å². The summed E-state index contributed by atoms with van der Waals surface area (Å²) in [4.78, 5) is 6.96. The van der Waals surface area contributed by atoms with E-state index in [9.17, 15) is 0 Å². The summed E-state index contributed by atoms with van der Waals surface area (Å²) in [6.07, 6.45) is 3.12. The fourth-order valence-electron chi connectivity index (χ4n) is 2.24. The van der Waals surface area contributed by atoms with Crippen molar-refractivity contribution >= 4 is 5.69 Å². The van der Waals surface area contributed by atoms with Gasteiger partial charge in [0.05, 0.1) is 31.1 Å². The molecule has 1 aromatic heterocycles. The molecule has 0 spiro atoms. The van der Waals surface area contributed by atoms with Gasteiger partial charge in [-0.15, -0.1) is 0 Å². The van der Waals surface area contributed by atoms with Crippen molar-refractivity contribution in [2.24, 2.45) is 0 Å². The summed E-state index contributed by atoms with van der Waals surface area (Å²) >= 11 is 0. The van der Waals surface area contributed by atoms with Gasteiger partial charge in [-0.1, -0.05) is 20.8 Å². The van der Waals surface area contributed by atoms with E-state index in [0.717, 1.165) is 31.9 Å². The Hall–Kier alpha value is -1.09. The van der Waals surface area contributed by atoms with E-state index in [1.165, 1.54) is 5.69 Å². The third kappa shape index (κ3) is 2.78. The van der Waals surface area contributed by atoms with E-state index >= 15 is 0 Å². The first-order chi connectivity index (χ1) is 8.22. The molecule has 1 aliphatic heterocycles. The minimum Gasteiger partial charge on any atom is -0.377 e. The summed E-state index contributed by atoms with van der Waals surface area (Å²) in [6.45, 7) is 9.19. The molecule has 0 aliphatic carbocycles. The Labute approximate surface area is 104 Å². The first-order valence-corrected chi connectivity index (χ1v) is 6.52. The normalized spacial score (nSPS) is 20.9. The van der Waals surface area contributed by atoms with Gasteiger partial charge in [-0.3, -0.25) is 4.98 Å². The van der Waals surface area contributed by atoms with Crippen LogP contribution in [0.5, 0.6) is 0 Å². The van der Waals surface area contributed by atoms with Crippen molar-refractivity contribution in [3.63, 3.8) is 0 Å². The summed E-state index contributed by atoms with van der Waals surface area (Å²) in [6, 6.07) is 4.83. The van der Waals surface area contributed by atoms with Gasteiger partial charge < -0.3 is 9.64 Å². The van der Waals surface area contributed by atoms with Crippen LogP contribution in [0.1, 0.15) is 38.8 Å². The lowest BCUT2D eigenvalue weighted by Crippen LogP contribution is -2.45. The molecule has 2 heterocycles. The van der Waals surface area contributed by atoms with E-state index in [1.807, 2.05) is 6.20 Å². The number of anilines is 1. The molecule has 3 heteroatoms. The van der Waals surface area contributed by atoms with Crippen molar-refractivity contribution in [1.29, 1.82) is 0 Å². The van der Waals surface area contributed by atoms with Crippen molar-refractivity contribution in [2.45, 2.75) is 39.2 Å². The Morgan fingerprint density at radius 2 is 2.29 bits per heavy atom. The molecule has 1 unspecified atom stereocenters. The monoisotopic (exact) mass is 234 g/mol. The SMILES string of the molecule is CCC1COCCN1c1ccc(C(C)C)nc1. The van der Waals surface area contributed by atoms with E-state index in [1.54, 1.807) is 0 Å². The summed E-state index contributed by atoms with van der Waals surface area (Å²) in [7, 11) is 0. The minimum absolute atomic E-state index is 0.496. The molecule has 0 aromatic carbocycles. The van der Waals surface area contributed by atoms with Gasteiger partial charge in [0.2, 0.25) is 0 Å². The maximum absolute atomic E-state index is 5.52. The molecular weight excluding hydrogens is 212 g/mol. The van der Waals surface area contributed by atoms with E-state index < -0.39 is 0 Å². The molecule has 0 bridgehead atoms. The molecule has 1 saturated heterocycles. The van der Waals surface area contributed by atoms with E-state index in [0.29, 0.717) is 12.0 Å². The number of morpholine rings is 1. The van der Waals surface area contributed by atoms with Crippen LogP contribution in [0.2, 0.25) is 0 Å². The summed E-state index contributed by atoms with van der Waals surface area (Å²) in [5.41, 5.74) is 2.39. The number of aromatic nitrogens is 1. The summed E-state index contributed by atoms with van der Waals surface area (Å²) in [5.74, 6) is 0.496. The zero-order valence-corrected chi connectivity index (χ0v) is 11.0. The minimum atomic E-state index is 0.496. The molecule has 0 N–H and O–H groups in total. The zero-order chi connectivity index (χ0) is 12.3. The van der Waals surface area contributed by atoms with Gasteiger partial charge in [-0.05, 0) is 24.5 Å². The number of hydrogen-bond acceptors (Lipinski definition) is 3. The fourth-order valence-corrected chi connectivity index (χ4v) is 2.24. The Balaban J connectivity index is 2.15. The fraction of sp³-hybridized carbons (Fsp3) is 0.643. The Kier molecular flexibility index (Phi) is 4.00. The summed E-state index contributed by atoms with van der Waals surface area (Å²) in [5, 5.41) is 0. The second kappa shape index (κ2) is 5.50. The molecule has 3 nitrogen and oxygen atoms in total. The lowest BCUT2D eigenvalue weighted by atomic mass is 10.1. The molecule has 0 amide bonds. The highest BCUT2D eigenvalue weighted by Gasteiger charge is 2.21. The molecule has 17 heavy (non-hydrogen) atoms. The molecular formula is C14H22N2O. The Bertz CT molecular complexity index is 348. The first-order valence-electron chi connectivity index (χ1n) is 6.52. The lowest BCUT2D eigenvalue weighted by Gasteiger charge is -2.36. The van der Waals surface area contributed by atoms with Crippen LogP contribution in [0.3, 0.4) is 0 Å². The quantitative estimate of drug-likeness (QED) is 0.804. The van der Waals surface area contributed by atoms with Crippen LogP contribution >= 0.6 is 0 Å². The highest BCUT2D eigenvalue weighted by Crippen LogP contribution is 2.22. The third-order valence-electron chi connectivity index (χ3n) is 3.39. The van der Waals surface area contributed by atoms with Gasteiger partial charge in [0.15, 0.2) is 0 Å². The van der Waals surface area contributed by atoms with Crippen molar-refractivity contribution in [3.8, 4) is 0 Å². The molecule has 0 saturated carbocycles. The highest BCUT2D eigenvalue weighted by atomic mass is 16.5. The van der Waals surface area contributed by atoms with Crippen molar-refractivity contribution in [1.82, 2.24) is 4.98 Å². The zero-order valence-electron chi connectivity index (χ0n) is 11.0. The Morgan fingerprint density at radius 1 is 1.47 bits per heavy atom. The van der Waals surface area contributed by atoms with Gasteiger partial charge in [-0.25, -0.2) is 0 Å². The van der Waals surface area contributed by atoms with Crippen molar-refractivity contribution in [2.75, 3.05) is 24.7 Å². The van der Waals surface area contributed by atoms with Crippen LogP contribution in [0.15, 0.2) is 18.3 Å². The number of hydrogen-bond donors (Lipinski definition) is 0. The number of ether oxygens (including phenoxy) is 1. The molecule has 0 radical (unpaired) electrons. The Morgan fingerprint density at radius 3 is 2.88 bits per heavy atom. The largest absolute Gasteiger partial charge is 0.377 e. The number of rotatable bonds is 3. The van der Waals surface area contributed by atoms with Crippen LogP contribution in [0, 0.1) is 0 Å². The first kappa shape index (κ1) is 12.4. The van der Waals surface area contributed by atoms with Crippen LogP contribution in [0.25, 0.3) is 0 Å². The average Bonchev–Trinajstić information content (AvgIpc) is 2.39. The van der Waals surface area contributed by atoms with E-state index in [2.05, 4.69) is 42.8 Å². The van der Waals surface area contributed by atoms with E-state index in [-0.39, 0.29) is 0 Å². The standard InChI is InChI=1S/C14H22N2O/c1-4-12-10-17-8-7-16(12)13-5-6-14(11(2)3)15-9-13/h5-6,9,11-12H,4,7-8,10H2,1-3H3. The maximum atomic E-state index is 5.52. The van der Waals surface area contributed by atoms with E-state index in [4.69, 9.17) is 4.74 Å². The predicted molar refractivity (Wildman–Crippen MR) is 70.6 cm³/mol. The van der Waals surface area contributed by atoms with Gasteiger partial charge in [0.1, 0.15) is 0 Å². The molecule has 2 rings (SSSR count). The smallest absolute Gasteiger partial charge is 0.0670 e. The second-order valence-corrected chi connectivity index (χ2v) is 4.93. The number of pyridine rings is 1. The third-order valence-corrected chi connectivity index (χ3v) is 3.39. The molecule has 1 aliphatic rings. The van der Waals surface area contributed by atoms with Crippen LogP contribution in [0.4, 0.5) is 5.69 Å². The molecule has 1 fully saturated rings. The van der Waals surface area contributed by atoms with Gasteiger partial charge in [0.25, 0.3) is 0 Å². The second-order valence-electron chi connectivity index (χ2n) is 4.93. The van der Waals surface area contributed by atoms with Crippen LogP contribution in [-0.4, -0.2) is 30.8 Å². The molecule has 1 aromatic rings. The highest BCUT2D eigenvalue weighted by molar-refractivity contribution is 5.46. The van der Waals surface area contributed by atoms with Crippen LogP contribution in [-0.2, 0) is 4.74 Å². The molecule has 1 atom stereocenters. The van der Waals surface area contributed by atoms with Gasteiger partial charge in [0, 0.05) is 12.2 Å². The maximum Gasteiger partial charge on any atom is 0.0670 e. The van der Waals surface area contributed by atoms with Gasteiger partial charge in [-0.2, -0.15) is 0 Å². The topological polar surface area (TPSA) is 25.4 Å². The lowest BCUT2D eigenvalue weighted by molar-refractivity contribution is 0.0929. The number of nitrogens with zero attached hydrogens (tertiary/aromatic N) is 2. The summed E-state index contributed by atoms with van der Waals surface area (Å²) < 4.78 is 5.52.